The highest BCUT2D eigenvalue weighted by atomic mass is 16.3. The number of unbranched alkanes of at least 4 members (excludes halogenated alkanes) is 1. The van der Waals surface area contributed by atoms with E-state index in [0.717, 1.165) is 18.3 Å². The van der Waals surface area contributed by atoms with Gasteiger partial charge in [-0.15, -0.1) is 0 Å². The van der Waals surface area contributed by atoms with Crippen LogP contribution in [0.4, 0.5) is 0 Å². The van der Waals surface area contributed by atoms with Gasteiger partial charge in [0.2, 0.25) is 0 Å². The molecule has 1 saturated carbocycles. The van der Waals surface area contributed by atoms with Crippen LogP contribution in [0.1, 0.15) is 72.1 Å². The summed E-state index contributed by atoms with van der Waals surface area (Å²) in [6, 6.07) is 0. The average Bonchev–Trinajstić information content (AvgIpc) is 2.70. The maximum atomic E-state index is 10.3. The van der Waals surface area contributed by atoms with Gasteiger partial charge in [0.15, 0.2) is 0 Å². The van der Waals surface area contributed by atoms with Crippen LogP contribution in [0.25, 0.3) is 0 Å². The summed E-state index contributed by atoms with van der Waals surface area (Å²) in [5.74, 6) is 2.20. The molecule has 0 aliphatic heterocycles. The fourth-order valence-electron chi connectivity index (χ4n) is 3.12. The van der Waals surface area contributed by atoms with E-state index in [1.807, 2.05) is 0 Å². The first-order chi connectivity index (χ1) is 7.67. The zero-order valence-electron chi connectivity index (χ0n) is 11.4. The SMILES string of the molecule is CCCCC(CC)CC(O)C1CCC(C)C1. The molecule has 0 bridgehead atoms. The Kier molecular flexibility index (Phi) is 6.41. The van der Waals surface area contributed by atoms with Gasteiger partial charge in [0.25, 0.3) is 0 Å². The molecular weight excluding hydrogens is 196 g/mol. The molecule has 0 aromatic rings. The molecule has 0 radical (unpaired) electrons. The van der Waals surface area contributed by atoms with Crippen molar-refractivity contribution >= 4 is 0 Å². The van der Waals surface area contributed by atoms with Gasteiger partial charge in [-0.05, 0) is 37.0 Å². The lowest BCUT2D eigenvalue weighted by Gasteiger charge is -2.23. The summed E-state index contributed by atoms with van der Waals surface area (Å²) < 4.78 is 0. The molecule has 1 aliphatic rings. The van der Waals surface area contributed by atoms with E-state index in [4.69, 9.17) is 0 Å². The first kappa shape index (κ1) is 14.0. The molecule has 1 heteroatoms. The highest BCUT2D eigenvalue weighted by molar-refractivity contribution is 4.80. The minimum atomic E-state index is -0.0215. The Morgan fingerprint density at radius 2 is 2.00 bits per heavy atom. The van der Waals surface area contributed by atoms with Crippen LogP contribution in [0.5, 0.6) is 0 Å². The van der Waals surface area contributed by atoms with Gasteiger partial charge in [0, 0.05) is 0 Å². The van der Waals surface area contributed by atoms with Gasteiger partial charge in [-0.3, -0.25) is 0 Å². The summed E-state index contributed by atoms with van der Waals surface area (Å²) >= 11 is 0. The van der Waals surface area contributed by atoms with Crippen LogP contribution in [0, 0.1) is 17.8 Å². The van der Waals surface area contributed by atoms with Crippen LogP contribution in [0.3, 0.4) is 0 Å². The quantitative estimate of drug-likeness (QED) is 0.682. The zero-order valence-corrected chi connectivity index (χ0v) is 11.4. The maximum Gasteiger partial charge on any atom is 0.0571 e. The molecule has 0 heterocycles. The summed E-state index contributed by atoms with van der Waals surface area (Å²) in [7, 11) is 0. The van der Waals surface area contributed by atoms with Crippen molar-refractivity contribution in [1.82, 2.24) is 0 Å². The van der Waals surface area contributed by atoms with E-state index in [1.54, 1.807) is 0 Å². The van der Waals surface area contributed by atoms with E-state index in [0.29, 0.717) is 5.92 Å². The van der Waals surface area contributed by atoms with Crippen molar-refractivity contribution in [2.24, 2.45) is 17.8 Å². The molecule has 0 saturated heterocycles. The topological polar surface area (TPSA) is 20.2 Å². The number of aliphatic hydroxyl groups is 1. The van der Waals surface area contributed by atoms with Crippen molar-refractivity contribution in [3.63, 3.8) is 0 Å². The van der Waals surface area contributed by atoms with Gasteiger partial charge in [0.1, 0.15) is 0 Å². The highest BCUT2D eigenvalue weighted by Gasteiger charge is 2.28. The van der Waals surface area contributed by atoms with Crippen molar-refractivity contribution in [3.8, 4) is 0 Å². The van der Waals surface area contributed by atoms with E-state index in [9.17, 15) is 5.11 Å². The van der Waals surface area contributed by atoms with E-state index in [1.165, 1.54) is 44.9 Å². The van der Waals surface area contributed by atoms with Crippen LogP contribution in [0.2, 0.25) is 0 Å². The van der Waals surface area contributed by atoms with Crippen molar-refractivity contribution < 1.29 is 5.11 Å². The molecule has 1 N–H and O–H groups in total. The summed E-state index contributed by atoms with van der Waals surface area (Å²) in [6.07, 6.45) is 10.0. The first-order valence-corrected chi connectivity index (χ1v) is 7.35. The smallest absolute Gasteiger partial charge is 0.0571 e. The minimum absolute atomic E-state index is 0.0215. The number of hydrogen-bond acceptors (Lipinski definition) is 1. The normalized spacial score (nSPS) is 29.2. The second-order valence-electron chi connectivity index (χ2n) is 5.90. The van der Waals surface area contributed by atoms with Gasteiger partial charge >= 0.3 is 0 Å². The van der Waals surface area contributed by atoms with Gasteiger partial charge in [-0.1, -0.05) is 52.9 Å². The van der Waals surface area contributed by atoms with Crippen LogP contribution in [0.15, 0.2) is 0 Å². The summed E-state index contributed by atoms with van der Waals surface area (Å²) in [5.41, 5.74) is 0. The maximum absolute atomic E-state index is 10.3. The Morgan fingerprint density at radius 3 is 2.50 bits per heavy atom. The molecule has 96 valence electrons. The van der Waals surface area contributed by atoms with Crippen molar-refractivity contribution in [2.45, 2.75) is 78.2 Å². The van der Waals surface area contributed by atoms with Crippen LogP contribution < -0.4 is 0 Å². The Morgan fingerprint density at radius 1 is 1.25 bits per heavy atom. The Hall–Kier alpha value is -0.0400. The molecule has 1 nitrogen and oxygen atoms in total. The number of aliphatic hydroxyl groups excluding tert-OH is 1. The lowest BCUT2D eigenvalue weighted by Crippen LogP contribution is -2.21. The third-order valence-corrected chi connectivity index (χ3v) is 4.40. The van der Waals surface area contributed by atoms with Gasteiger partial charge < -0.3 is 5.11 Å². The Balaban J connectivity index is 2.27. The predicted molar refractivity (Wildman–Crippen MR) is 70.4 cm³/mol. The largest absolute Gasteiger partial charge is 0.393 e. The van der Waals surface area contributed by atoms with E-state index in [-0.39, 0.29) is 6.10 Å². The summed E-state index contributed by atoms with van der Waals surface area (Å²) in [5, 5.41) is 10.3. The first-order valence-electron chi connectivity index (χ1n) is 7.35. The molecule has 1 fully saturated rings. The molecule has 16 heavy (non-hydrogen) atoms. The van der Waals surface area contributed by atoms with Crippen LogP contribution in [-0.4, -0.2) is 11.2 Å². The van der Waals surface area contributed by atoms with Crippen LogP contribution >= 0.6 is 0 Å². The molecule has 0 aromatic carbocycles. The average molecular weight is 226 g/mol. The highest BCUT2D eigenvalue weighted by Crippen LogP contribution is 2.35. The molecule has 4 atom stereocenters. The van der Waals surface area contributed by atoms with E-state index >= 15 is 0 Å². The fraction of sp³-hybridized carbons (Fsp3) is 1.00. The second-order valence-corrected chi connectivity index (χ2v) is 5.90. The summed E-state index contributed by atoms with van der Waals surface area (Å²) in [4.78, 5) is 0. The standard InChI is InChI=1S/C15H30O/c1-4-6-7-13(5-2)11-15(16)14-9-8-12(3)10-14/h12-16H,4-11H2,1-3H3. The third kappa shape index (κ3) is 4.45. The Labute approximate surface area is 102 Å². The molecule has 0 amide bonds. The molecule has 0 spiro atoms. The summed E-state index contributed by atoms with van der Waals surface area (Å²) in [6.45, 7) is 6.84. The third-order valence-electron chi connectivity index (χ3n) is 4.40. The molecule has 0 aromatic heterocycles. The van der Waals surface area contributed by atoms with Gasteiger partial charge in [-0.2, -0.15) is 0 Å². The monoisotopic (exact) mass is 226 g/mol. The van der Waals surface area contributed by atoms with E-state index in [2.05, 4.69) is 20.8 Å². The van der Waals surface area contributed by atoms with Crippen molar-refractivity contribution in [2.75, 3.05) is 0 Å². The lowest BCUT2D eigenvalue weighted by molar-refractivity contribution is 0.0797. The number of rotatable bonds is 7. The fourth-order valence-corrected chi connectivity index (χ4v) is 3.12. The predicted octanol–water partition coefficient (Wildman–Crippen LogP) is 4.39. The molecular formula is C15H30O. The van der Waals surface area contributed by atoms with Crippen molar-refractivity contribution in [3.05, 3.63) is 0 Å². The zero-order chi connectivity index (χ0) is 12.0. The van der Waals surface area contributed by atoms with Crippen LogP contribution in [-0.2, 0) is 0 Å². The second kappa shape index (κ2) is 7.32. The minimum Gasteiger partial charge on any atom is -0.393 e. The van der Waals surface area contributed by atoms with E-state index < -0.39 is 0 Å². The molecule has 1 rings (SSSR count). The Bertz CT molecular complexity index is 178. The number of hydrogen-bond donors (Lipinski definition) is 1. The molecule has 4 unspecified atom stereocenters. The van der Waals surface area contributed by atoms with Gasteiger partial charge in [-0.25, -0.2) is 0 Å². The lowest BCUT2D eigenvalue weighted by atomic mass is 9.87. The van der Waals surface area contributed by atoms with Gasteiger partial charge in [0.05, 0.1) is 6.10 Å². The van der Waals surface area contributed by atoms with Crippen molar-refractivity contribution in [1.29, 1.82) is 0 Å². The molecule has 1 aliphatic carbocycles.